The van der Waals surface area contributed by atoms with Crippen molar-refractivity contribution in [3.8, 4) is 11.5 Å². The molecule has 0 spiro atoms. The number of carboxylic acid groups (broad SMARTS) is 2. The van der Waals surface area contributed by atoms with Crippen molar-refractivity contribution in [1.29, 1.82) is 0 Å². The molecule has 0 amide bonds. The number of fused-ring (bicyclic) bond motifs is 1. The van der Waals surface area contributed by atoms with Crippen molar-refractivity contribution < 1.29 is 29.3 Å². The van der Waals surface area contributed by atoms with Gasteiger partial charge in [0.1, 0.15) is 0 Å². The standard InChI is InChI=1S/C20H24ClNO2.C4H4O4/c1-14-18-13-20(24-3)19(23-2)12-16(18)9-11-22(14)10-8-15-4-6-17(21)7-5-15;5-3(6)1-2-4(7)8/h4-7,12-14H,8-11H2,1-3H3;1-2H,(H,5,6)(H,7,8). The van der Waals surface area contributed by atoms with E-state index in [1.165, 1.54) is 16.7 Å². The third kappa shape index (κ3) is 7.28. The summed E-state index contributed by atoms with van der Waals surface area (Å²) in [6.07, 6.45) is 3.19. The molecule has 0 aromatic heterocycles. The molecule has 0 aliphatic carbocycles. The van der Waals surface area contributed by atoms with Crippen molar-refractivity contribution in [3.63, 3.8) is 0 Å². The number of aliphatic carboxylic acids is 2. The molecular weight excluding hydrogens is 434 g/mol. The van der Waals surface area contributed by atoms with Crippen LogP contribution in [0.25, 0.3) is 0 Å². The van der Waals surface area contributed by atoms with Crippen LogP contribution >= 0.6 is 11.6 Å². The third-order valence-corrected chi connectivity index (χ3v) is 5.53. The number of nitrogens with zero attached hydrogens (tertiary/aromatic N) is 1. The molecule has 2 N–H and O–H groups in total. The van der Waals surface area contributed by atoms with E-state index in [0.29, 0.717) is 18.2 Å². The van der Waals surface area contributed by atoms with Gasteiger partial charge < -0.3 is 19.7 Å². The first-order valence-electron chi connectivity index (χ1n) is 10.1. The fourth-order valence-electron chi connectivity index (χ4n) is 3.57. The van der Waals surface area contributed by atoms with Crippen molar-refractivity contribution in [1.82, 2.24) is 4.90 Å². The lowest BCUT2D eigenvalue weighted by molar-refractivity contribution is -0.134. The average Bonchev–Trinajstić information content (AvgIpc) is 2.78. The summed E-state index contributed by atoms with van der Waals surface area (Å²) in [6, 6.07) is 12.8. The zero-order chi connectivity index (χ0) is 23.7. The Morgan fingerprint density at radius 3 is 2.16 bits per heavy atom. The summed E-state index contributed by atoms with van der Waals surface area (Å²) < 4.78 is 10.9. The number of benzene rings is 2. The number of halogens is 1. The number of hydrogen-bond donors (Lipinski definition) is 2. The van der Waals surface area contributed by atoms with Gasteiger partial charge in [-0.05, 0) is 60.7 Å². The Balaban J connectivity index is 0.000000390. The van der Waals surface area contributed by atoms with E-state index in [4.69, 9.17) is 31.3 Å². The van der Waals surface area contributed by atoms with Gasteiger partial charge in [0.2, 0.25) is 0 Å². The molecule has 2 aromatic carbocycles. The van der Waals surface area contributed by atoms with Crippen molar-refractivity contribution in [2.45, 2.75) is 25.8 Å². The molecule has 7 nitrogen and oxygen atoms in total. The second-order valence-corrected chi connectivity index (χ2v) is 7.69. The summed E-state index contributed by atoms with van der Waals surface area (Å²) in [5.41, 5.74) is 4.03. The minimum atomic E-state index is -1.26. The van der Waals surface area contributed by atoms with Gasteiger partial charge in [-0.25, -0.2) is 9.59 Å². The first kappa shape index (κ1) is 25.2. The lowest BCUT2D eigenvalue weighted by atomic mass is 9.92. The molecule has 8 heteroatoms. The van der Waals surface area contributed by atoms with Crippen molar-refractivity contribution in [2.75, 3.05) is 27.3 Å². The summed E-state index contributed by atoms with van der Waals surface area (Å²) in [6.45, 7) is 4.37. The average molecular weight is 462 g/mol. The van der Waals surface area contributed by atoms with Crippen LogP contribution in [0.3, 0.4) is 0 Å². The number of carbonyl (C=O) groups is 2. The van der Waals surface area contributed by atoms with Crippen molar-refractivity contribution in [2.24, 2.45) is 0 Å². The molecular formula is C24H28ClNO6. The van der Waals surface area contributed by atoms with Gasteiger partial charge in [0.05, 0.1) is 14.2 Å². The SMILES string of the molecule is COc1cc2c(cc1OC)C(C)N(CCc1ccc(Cl)cc1)CC2.O=C(O)C=CC(=O)O. The minimum absolute atomic E-state index is 0.376. The predicted molar refractivity (Wildman–Crippen MR) is 123 cm³/mol. The zero-order valence-electron chi connectivity index (χ0n) is 18.4. The van der Waals surface area contributed by atoms with Gasteiger partial charge in [-0.1, -0.05) is 23.7 Å². The Morgan fingerprint density at radius 1 is 1.06 bits per heavy atom. The van der Waals surface area contributed by atoms with E-state index in [2.05, 4.69) is 36.1 Å². The summed E-state index contributed by atoms with van der Waals surface area (Å²) >= 11 is 5.96. The van der Waals surface area contributed by atoms with E-state index in [1.807, 2.05) is 12.1 Å². The highest BCUT2D eigenvalue weighted by atomic mass is 35.5. The highest BCUT2D eigenvalue weighted by Gasteiger charge is 2.25. The second kappa shape index (κ2) is 12.1. The Hall–Kier alpha value is -3.03. The second-order valence-electron chi connectivity index (χ2n) is 7.25. The molecule has 1 atom stereocenters. The molecule has 3 rings (SSSR count). The van der Waals surface area contributed by atoms with Crippen LogP contribution in [0, 0.1) is 0 Å². The normalized spacial score (nSPS) is 15.4. The molecule has 1 aliphatic heterocycles. The molecule has 1 heterocycles. The Morgan fingerprint density at radius 2 is 1.62 bits per heavy atom. The summed E-state index contributed by atoms with van der Waals surface area (Å²) in [4.78, 5) is 21.6. The van der Waals surface area contributed by atoms with Crippen LogP contribution in [0.5, 0.6) is 11.5 Å². The number of methoxy groups -OCH3 is 2. The van der Waals surface area contributed by atoms with Crippen molar-refractivity contribution in [3.05, 3.63) is 70.3 Å². The van der Waals surface area contributed by atoms with Gasteiger partial charge >= 0.3 is 11.9 Å². The van der Waals surface area contributed by atoms with E-state index < -0.39 is 11.9 Å². The van der Waals surface area contributed by atoms with Crippen LogP contribution in [0.4, 0.5) is 0 Å². The first-order chi connectivity index (χ1) is 15.2. The molecule has 172 valence electrons. The van der Waals surface area contributed by atoms with E-state index in [-0.39, 0.29) is 0 Å². The van der Waals surface area contributed by atoms with Crippen LogP contribution in [-0.2, 0) is 22.4 Å². The third-order valence-electron chi connectivity index (χ3n) is 5.28. The van der Waals surface area contributed by atoms with Crippen LogP contribution in [0.1, 0.15) is 29.7 Å². The van der Waals surface area contributed by atoms with E-state index in [1.54, 1.807) is 14.2 Å². The largest absolute Gasteiger partial charge is 0.493 e. The Kier molecular flexibility index (Phi) is 9.56. The smallest absolute Gasteiger partial charge is 0.328 e. The van der Waals surface area contributed by atoms with Crippen molar-refractivity contribution >= 4 is 23.5 Å². The quantitative estimate of drug-likeness (QED) is 0.595. The van der Waals surface area contributed by atoms with Gasteiger partial charge in [0.25, 0.3) is 0 Å². The van der Waals surface area contributed by atoms with Crippen LogP contribution < -0.4 is 9.47 Å². The van der Waals surface area contributed by atoms with Gasteiger partial charge in [-0.15, -0.1) is 0 Å². The molecule has 1 unspecified atom stereocenters. The lowest BCUT2D eigenvalue weighted by Crippen LogP contribution is -2.35. The van der Waals surface area contributed by atoms with Gasteiger partial charge in [0.15, 0.2) is 11.5 Å². The Bertz CT molecular complexity index is 942. The minimum Gasteiger partial charge on any atom is -0.493 e. The summed E-state index contributed by atoms with van der Waals surface area (Å²) in [7, 11) is 3.38. The molecule has 0 fully saturated rings. The number of rotatable bonds is 7. The van der Waals surface area contributed by atoms with E-state index in [0.717, 1.165) is 42.5 Å². The summed E-state index contributed by atoms with van der Waals surface area (Å²) in [5.74, 6) is -0.888. The fraction of sp³-hybridized carbons (Fsp3) is 0.333. The number of hydrogen-bond acceptors (Lipinski definition) is 5. The topological polar surface area (TPSA) is 96.3 Å². The first-order valence-corrected chi connectivity index (χ1v) is 10.5. The van der Waals surface area contributed by atoms with E-state index >= 15 is 0 Å². The van der Waals surface area contributed by atoms with Gasteiger partial charge in [-0.3, -0.25) is 4.90 Å². The maximum atomic E-state index is 9.55. The molecule has 32 heavy (non-hydrogen) atoms. The fourth-order valence-corrected chi connectivity index (χ4v) is 3.69. The number of ether oxygens (including phenoxy) is 2. The van der Waals surface area contributed by atoms with Gasteiger partial charge in [0, 0.05) is 36.3 Å². The predicted octanol–water partition coefficient (Wildman–Crippen LogP) is 4.23. The molecule has 0 saturated carbocycles. The highest BCUT2D eigenvalue weighted by Crippen LogP contribution is 2.37. The molecule has 2 aromatic rings. The summed E-state index contributed by atoms with van der Waals surface area (Å²) in [5, 5.41) is 16.4. The maximum Gasteiger partial charge on any atom is 0.328 e. The Labute approximate surface area is 192 Å². The maximum absolute atomic E-state index is 9.55. The zero-order valence-corrected chi connectivity index (χ0v) is 19.1. The molecule has 0 bridgehead atoms. The molecule has 0 radical (unpaired) electrons. The molecule has 1 aliphatic rings. The van der Waals surface area contributed by atoms with Crippen LogP contribution in [-0.4, -0.2) is 54.4 Å². The monoisotopic (exact) mass is 461 g/mol. The van der Waals surface area contributed by atoms with Crippen LogP contribution in [0.2, 0.25) is 5.02 Å². The van der Waals surface area contributed by atoms with Crippen LogP contribution in [0.15, 0.2) is 48.6 Å². The van der Waals surface area contributed by atoms with E-state index in [9.17, 15) is 9.59 Å². The highest BCUT2D eigenvalue weighted by molar-refractivity contribution is 6.30. The lowest BCUT2D eigenvalue weighted by Gasteiger charge is -2.35. The van der Waals surface area contributed by atoms with Gasteiger partial charge in [-0.2, -0.15) is 0 Å². The number of carboxylic acids is 2. The molecule has 0 saturated heterocycles.